The first-order chi connectivity index (χ1) is 9.99. The number of hydrogen-bond acceptors (Lipinski definition) is 4. The molecule has 0 N–H and O–H groups in total. The van der Waals surface area contributed by atoms with Crippen molar-refractivity contribution >= 4 is 21.9 Å². The summed E-state index contributed by atoms with van der Waals surface area (Å²) in [5.41, 5.74) is -3.26. The largest absolute Gasteiger partial charge is 0.573 e. The third-order valence-electron chi connectivity index (χ3n) is 2.18. The zero-order chi connectivity index (χ0) is 17.1. The van der Waals surface area contributed by atoms with Crippen LogP contribution in [0.15, 0.2) is 6.07 Å². The summed E-state index contributed by atoms with van der Waals surface area (Å²) in [6, 6.07) is 0.158. The Balaban J connectivity index is 3.51. The van der Waals surface area contributed by atoms with Crippen LogP contribution in [0.1, 0.15) is 28.7 Å². The number of nitrogens with zero attached hydrogens (tertiary/aromatic N) is 1. The number of rotatable bonds is 4. The Morgan fingerprint density at radius 1 is 1.27 bits per heavy atom. The first-order valence-corrected chi connectivity index (χ1v) is 6.71. The van der Waals surface area contributed by atoms with Crippen LogP contribution in [0.5, 0.6) is 5.75 Å². The molecule has 0 aliphatic carbocycles. The first kappa shape index (κ1) is 18.5. The molecular formula is C11H8BrF6NO3. The lowest BCUT2D eigenvalue weighted by Gasteiger charge is -2.18. The molecule has 0 unspecified atom stereocenters. The van der Waals surface area contributed by atoms with Gasteiger partial charge in [-0.2, -0.15) is 13.2 Å². The Labute approximate surface area is 128 Å². The van der Waals surface area contributed by atoms with E-state index >= 15 is 0 Å². The highest BCUT2D eigenvalue weighted by Gasteiger charge is 2.42. The highest BCUT2D eigenvalue weighted by Crippen LogP contribution is 2.41. The number of pyridine rings is 1. The Morgan fingerprint density at radius 3 is 2.27 bits per heavy atom. The van der Waals surface area contributed by atoms with Gasteiger partial charge in [0.1, 0.15) is 11.3 Å². The minimum Gasteiger partial charge on any atom is -0.461 e. The standard InChI is InChI=1S/C11H8BrF6NO3/c1-2-21-9(20)6-3-5(10(13,14)15)8(7(4-12)19-6)22-11(16,17)18/h3H,2,4H2,1H3. The second-order valence-electron chi connectivity index (χ2n) is 3.73. The normalized spacial score (nSPS) is 12.2. The van der Waals surface area contributed by atoms with Gasteiger partial charge in [-0.15, -0.1) is 13.2 Å². The second kappa shape index (κ2) is 6.71. The van der Waals surface area contributed by atoms with E-state index in [0.29, 0.717) is 0 Å². The summed E-state index contributed by atoms with van der Waals surface area (Å²) in [6.45, 7) is 1.28. The number of carbonyl (C=O) groups is 1. The van der Waals surface area contributed by atoms with Crippen molar-refractivity contribution in [2.45, 2.75) is 24.8 Å². The molecule has 1 aromatic rings. The fraction of sp³-hybridized carbons (Fsp3) is 0.455. The van der Waals surface area contributed by atoms with Crippen LogP contribution in [0.3, 0.4) is 0 Å². The molecule has 0 aliphatic heterocycles. The van der Waals surface area contributed by atoms with Crippen molar-refractivity contribution in [2.75, 3.05) is 6.61 Å². The van der Waals surface area contributed by atoms with Gasteiger partial charge in [0.25, 0.3) is 0 Å². The number of ether oxygens (including phenoxy) is 2. The average molecular weight is 396 g/mol. The fourth-order valence-electron chi connectivity index (χ4n) is 1.43. The van der Waals surface area contributed by atoms with E-state index < -0.39 is 46.5 Å². The van der Waals surface area contributed by atoms with E-state index in [1.165, 1.54) is 6.92 Å². The van der Waals surface area contributed by atoms with Crippen molar-refractivity contribution in [3.8, 4) is 5.75 Å². The predicted octanol–water partition coefficient (Wildman–Crippen LogP) is 4.07. The minimum absolute atomic E-state index is 0.133. The average Bonchev–Trinajstić information content (AvgIpc) is 2.35. The number of hydrogen-bond donors (Lipinski definition) is 0. The van der Waals surface area contributed by atoms with E-state index in [-0.39, 0.29) is 12.7 Å². The van der Waals surface area contributed by atoms with Crippen LogP contribution in [0.2, 0.25) is 0 Å². The third kappa shape index (κ3) is 4.75. The quantitative estimate of drug-likeness (QED) is 0.438. The van der Waals surface area contributed by atoms with Crippen LogP contribution in [0.4, 0.5) is 26.3 Å². The van der Waals surface area contributed by atoms with Crippen molar-refractivity contribution in [3.05, 3.63) is 23.0 Å². The van der Waals surface area contributed by atoms with Crippen molar-refractivity contribution in [2.24, 2.45) is 0 Å². The number of halogens is 7. The summed E-state index contributed by atoms with van der Waals surface area (Å²) < 4.78 is 83.5. The van der Waals surface area contributed by atoms with Crippen LogP contribution in [0, 0.1) is 0 Å². The van der Waals surface area contributed by atoms with Crippen molar-refractivity contribution in [1.29, 1.82) is 0 Å². The van der Waals surface area contributed by atoms with Crippen LogP contribution < -0.4 is 4.74 Å². The molecule has 0 aliphatic rings. The molecule has 22 heavy (non-hydrogen) atoms. The van der Waals surface area contributed by atoms with Gasteiger partial charge in [-0.1, -0.05) is 15.9 Å². The Bertz CT molecular complexity index is 558. The molecule has 0 saturated carbocycles. The van der Waals surface area contributed by atoms with Crippen LogP contribution in [-0.4, -0.2) is 23.9 Å². The lowest BCUT2D eigenvalue weighted by Crippen LogP contribution is -2.23. The maximum absolute atomic E-state index is 12.9. The molecule has 0 amide bonds. The summed E-state index contributed by atoms with van der Waals surface area (Å²) in [6.07, 6.45) is -10.5. The van der Waals surface area contributed by atoms with E-state index in [9.17, 15) is 31.1 Å². The Hall–Kier alpha value is -1.52. The van der Waals surface area contributed by atoms with Crippen LogP contribution in [0.25, 0.3) is 0 Å². The summed E-state index contributed by atoms with van der Waals surface area (Å²) in [4.78, 5) is 14.9. The number of aromatic nitrogens is 1. The topological polar surface area (TPSA) is 48.4 Å². The molecule has 124 valence electrons. The molecule has 1 heterocycles. The van der Waals surface area contributed by atoms with E-state index in [4.69, 9.17) is 0 Å². The van der Waals surface area contributed by atoms with E-state index in [1.54, 1.807) is 0 Å². The number of alkyl halides is 7. The van der Waals surface area contributed by atoms with Gasteiger partial charge >= 0.3 is 18.5 Å². The maximum Gasteiger partial charge on any atom is 0.573 e. The Kier molecular flexibility index (Phi) is 5.65. The van der Waals surface area contributed by atoms with E-state index in [2.05, 4.69) is 30.4 Å². The van der Waals surface area contributed by atoms with Crippen LogP contribution >= 0.6 is 15.9 Å². The molecule has 1 aromatic heterocycles. The van der Waals surface area contributed by atoms with Crippen LogP contribution in [-0.2, 0) is 16.2 Å². The van der Waals surface area contributed by atoms with Gasteiger partial charge in [0.05, 0.1) is 12.3 Å². The van der Waals surface area contributed by atoms with Gasteiger partial charge in [0, 0.05) is 5.33 Å². The number of carbonyl (C=O) groups excluding carboxylic acids is 1. The summed E-state index contributed by atoms with van der Waals surface area (Å²) in [7, 11) is 0. The molecule has 0 fully saturated rings. The Morgan fingerprint density at radius 2 is 1.86 bits per heavy atom. The highest BCUT2D eigenvalue weighted by molar-refractivity contribution is 9.08. The summed E-state index contributed by atoms with van der Waals surface area (Å²) in [5.74, 6) is -2.70. The molecule has 0 atom stereocenters. The first-order valence-electron chi connectivity index (χ1n) is 5.59. The van der Waals surface area contributed by atoms with Crippen molar-refractivity contribution < 1.29 is 40.6 Å². The SMILES string of the molecule is CCOC(=O)c1cc(C(F)(F)F)c(OC(F)(F)F)c(CBr)n1. The van der Waals surface area contributed by atoms with E-state index in [0.717, 1.165) is 0 Å². The second-order valence-corrected chi connectivity index (χ2v) is 4.29. The summed E-state index contributed by atoms with van der Waals surface area (Å²) >= 11 is 2.71. The molecule has 0 spiro atoms. The lowest BCUT2D eigenvalue weighted by atomic mass is 10.1. The van der Waals surface area contributed by atoms with Gasteiger partial charge in [0.2, 0.25) is 0 Å². The molecule has 0 saturated heterocycles. The number of esters is 1. The monoisotopic (exact) mass is 395 g/mol. The van der Waals surface area contributed by atoms with Gasteiger partial charge < -0.3 is 9.47 Å². The fourth-order valence-corrected chi connectivity index (χ4v) is 1.81. The third-order valence-corrected chi connectivity index (χ3v) is 2.71. The zero-order valence-electron chi connectivity index (χ0n) is 10.8. The summed E-state index contributed by atoms with van der Waals surface area (Å²) in [5, 5.41) is -0.491. The van der Waals surface area contributed by atoms with Gasteiger partial charge in [-0.3, -0.25) is 0 Å². The van der Waals surface area contributed by atoms with Gasteiger partial charge in [-0.05, 0) is 13.0 Å². The molecule has 0 aromatic carbocycles. The molecule has 0 radical (unpaired) electrons. The molecular weight excluding hydrogens is 388 g/mol. The lowest BCUT2D eigenvalue weighted by molar-refractivity contribution is -0.276. The zero-order valence-corrected chi connectivity index (χ0v) is 12.4. The van der Waals surface area contributed by atoms with Gasteiger partial charge in [-0.25, -0.2) is 9.78 Å². The maximum atomic E-state index is 12.9. The molecule has 11 heteroatoms. The van der Waals surface area contributed by atoms with Crippen molar-refractivity contribution in [3.63, 3.8) is 0 Å². The molecule has 0 bridgehead atoms. The van der Waals surface area contributed by atoms with Crippen molar-refractivity contribution in [1.82, 2.24) is 4.98 Å². The van der Waals surface area contributed by atoms with E-state index in [1.807, 2.05) is 0 Å². The minimum atomic E-state index is -5.34. The highest BCUT2D eigenvalue weighted by atomic mass is 79.9. The molecule has 4 nitrogen and oxygen atoms in total. The predicted molar refractivity (Wildman–Crippen MR) is 64.5 cm³/mol. The molecule has 1 rings (SSSR count). The van der Waals surface area contributed by atoms with Gasteiger partial charge in [0.15, 0.2) is 5.75 Å². The smallest absolute Gasteiger partial charge is 0.461 e.